The maximum Gasteiger partial charge on any atom is 0.243 e. The van der Waals surface area contributed by atoms with Gasteiger partial charge in [-0.3, -0.25) is 14.4 Å². The highest BCUT2D eigenvalue weighted by molar-refractivity contribution is 7.88. The molecule has 2 saturated heterocycles. The van der Waals surface area contributed by atoms with Gasteiger partial charge >= 0.3 is 0 Å². The smallest absolute Gasteiger partial charge is 0.243 e. The number of hydrogen-bond acceptors (Lipinski definition) is 6. The molecule has 0 radical (unpaired) electrons. The standard InChI is InChI=1S/C29H38ClN5O5S/c1-20-11-13-34(18-20)27(36)15-25(33-41(39,40)19-21-6-3-2-4-7-21)29(38)35-12-5-8-26(35)28(37)32-17-23-14-24(30)10-9-22(23)16-31/h2-4,6-7,9-10,14,20,25-26,33H,5,8,11-13,15-19,31H2,1H3,(H,32,37). The van der Waals surface area contributed by atoms with Crippen LogP contribution in [0.4, 0.5) is 0 Å². The van der Waals surface area contributed by atoms with Gasteiger partial charge in [0.05, 0.1) is 12.2 Å². The fourth-order valence-electron chi connectivity index (χ4n) is 5.46. The first kappa shape index (κ1) is 31.0. The van der Waals surface area contributed by atoms with Crippen LogP contribution in [0, 0.1) is 5.92 Å². The van der Waals surface area contributed by atoms with Crippen molar-refractivity contribution in [2.75, 3.05) is 19.6 Å². The molecule has 2 heterocycles. The zero-order chi connectivity index (χ0) is 29.6. The number of carbonyl (C=O) groups excluding carboxylic acids is 3. The number of halogens is 1. The average Bonchev–Trinajstić information content (AvgIpc) is 3.61. The molecule has 41 heavy (non-hydrogen) atoms. The second kappa shape index (κ2) is 13.8. The van der Waals surface area contributed by atoms with Crippen molar-refractivity contribution in [1.29, 1.82) is 0 Å². The molecule has 4 rings (SSSR count). The molecule has 10 nitrogen and oxygen atoms in total. The zero-order valence-electron chi connectivity index (χ0n) is 23.2. The predicted octanol–water partition coefficient (Wildman–Crippen LogP) is 2.15. The first-order valence-corrected chi connectivity index (χ1v) is 16.0. The van der Waals surface area contributed by atoms with Crippen molar-refractivity contribution in [3.63, 3.8) is 0 Å². The Bertz CT molecular complexity index is 1360. The Morgan fingerprint density at radius 1 is 1.07 bits per heavy atom. The molecule has 0 bridgehead atoms. The Hall–Kier alpha value is -2.99. The van der Waals surface area contributed by atoms with Crippen LogP contribution in [0.1, 0.15) is 49.3 Å². The summed E-state index contributed by atoms with van der Waals surface area (Å²) in [6.45, 7) is 3.94. The summed E-state index contributed by atoms with van der Waals surface area (Å²) in [6.07, 6.45) is 1.55. The molecule has 2 aromatic rings. The van der Waals surface area contributed by atoms with Gasteiger partial charge in [-0.05, 0) is 54.0 Å². The fourth-order valence-corrected chi connectivity index (χ4v) is 6.99. The molecule has 2 aromatic carbocycles. The summed E-state index contributed by atoms with van der Waals surface area (Å²) in [5.41, 5.74) is 8.00. The van der Waals surface area contributed by atoms with E-state index in [1.165, 1.54) is 4.90 Å². The van der Waals surface area contributed by atoms with E-state index in [2.05, 4.69) is 10.0 Å². The molecule has 2 aliphatic rings. The van der Waals surface area contributed by atoms with Crippen molar-refractivity contribution in [1.82, 2.24) is 19.8 Å². The number of nitrogens with two attached hydrogens (primary N) is 1. The van der Waals surface area contributed by atoms with Crippen molar-refractivity contribution >= 4 is 39.3 Å². The molecule has 0 spiro atoms. The Morgan fingerprint density at radius 2 is 1.83 bits per heavy atom. The lowest BCUT2D eigenvalue weighted by Gasteiger charge is -2.29. The van der Waals surface area contributed by atoms with Gasteiger partial charge in [-0.15, -0.1) is 0 Å². The summed E-state index contributed by atoms with van der Waals surface area (Å²) < 4.78 is 28.8. The summed E-state index contributed by atoms with van der Waals surface area (Å²) in [6, 6.07) is 11.8. The van der Waals surface area contributed by atoms with Gasteiger partial charge in [0.25, 0.3) is 0 Å². The lowest BCUT2D eigenvalue weighted by Crippen LogP contribution is -2.54. The SMILES string of the molecule is CC1CCN(C(=O)CC(NS(=O)(=O)Cc2ccccc2)C(=O)N2CCCC2C(=O)NCc2cc(Cl)ccc2CN)C1. The quantitative estimate of drug-likeness (QED) is 0.359. The van der Waals surface area contributed by atoms with Crippen LogP contribution >= 0.6 is 11.6 Å². The van der Waals surface area contributed by atoms with Gasteiger partial charge in [-0.2, -0.15) is 0 Å². The summed E-state index contributed by atoms with van der Waals surface area (Å²) in [5, 5.41) is 3.40. The molecule has 222 valence electrons. The van der Waals surface area contributed by atoms with Crippen LogP contribution in [0.15, 0.2) is 48.5 Å². The van der Waals surface area contributed by atoms with Gasteiger partial charge < -0.3 is 20.9 Å². The van der Waals surface area contributed by atoms with E-state index in [0.717, 1.165) is 17.5 Å². The van der Waals surface area contributed by atoms with Crippen LogP contribution in [-0.2, 0) is 43.2 Å². The van der Waals surface area contributed by atoms with E-state index in [9.17, 15) is 22.8 Å². The van der Waals surface area contributed by atoms with E-state index < -0.39 is 28.0 Å². The first-order valence-electron chi connectivity index (χ1n) is 13.9. The van der Waals surface area contributed by atoms with Crippen LogP contribution in [0.25, 0.3) is 0 Å². The lowest BCUT2D eigenvalue weighted by atomic mass is 10.1. The monoisotopic (exact) mass is 603 g/mol. The van der Waals surface area contributed by atoms with Crippen LogP contribution < -0.4 is 15.8 Å². The number of nitrogens with zero attached hydrogens (tertiary/aromatic N) is 2. The topological polar surface area (TPSA) is 142 Å². The van der Waals surface area contributed by atoms with Gasteiger partial charge in [-0.1, -0.05) is 54.9 Å². The molecule has 3 unspecified atom stereocenters. The highest BCUT2D eigenvalue weighted by atomic mass is 35.5. The molecule has 2 fully saturated rings. The van der Waals surface area contributed by atoms with Gasteiger partial charge in [0.2, 0.25) is 27.7 Å². The van der Waals surface area contributed by atoms with Crippen molar-refractivity contribution in [2.24, 2.45) is 11.7 Å². The van der Waals surface area contributed by atoms with Crippen molar-refractivity contribution in [3.05, 3.63) is 70.2 Å². The summed E-state index contributed by atoms with van der Waals surface area (Å²) >= 11 is 6.12. The fraction of sp³-hybridized carbons (Fsp3) is 0.483. The maximum absolute atomic E-state index is 13.8. The summed E-state index contributed by atoms with van der Waals surface area (Å²) in [5.74, 6) is -1.21. The molecule has 0 aromatic heterocycles. The van der Waals surface area contributed by atoms with Gasteiger partial charge in [0.15, 0.2) is 0 Å². The van der Waals surface area contributed by atoms with E-state index in [1.54, 1.807) is 53.4 Å². The number of likely N-dealkylation sites (tertiary alicyclic amines) is 2. The number of carbonyl (C=O) groups is 3. The van der Waals surface area contributed by atoms with Gasteiger partial charge in [0.1, 0.15) is 12.1 Å². The van der Waals surface area contributed by atoms with E-state index in [-0.39, 0.29) is 43.6 Å². The number of amides is 3. The third-order valence-corrected chi connectivity index (χ3v) is 9.25. The van der Waals surface area contributed by atoms with Crippen molar-refractivity contribution < 1.29 is 22.8 Å². The van der Waals surface area contributed by atoms with E-state index in [0.29, 0.717) is 42.4 Å². The second-order valence-electron chi connectivity index (χ2n) is 10.9. The zero-order valence-corrected chi connectivity index (χ0v) is 24.8. The molecule has 0 saturated carbocycles. The Balaban J connectivity index is 1.49. The molecule has 3 amide bonds. The minimum atomic E-state index is -3.98. The Morgan fingerprint density at radius 3 is 2.51 bits per heavy atom. The van der Waals surface area contributed by atoms with E-state index in [4.69, 9.17) is 17.3 Å². The van der Waals surface area contributed by atoms with Crippen LogP contribution in [-0.4, -0.2) is 67.7 Å². The van der Waals surface area contributed by atoms with E-state index in [1.807, 2.05) is 6.92 Å². The minimum Gasteiger partial charge on any atom is -0.350 e. The van der Waals surface area contributed by atoms with Gasteiger partial charge in [0, 0.05) is 37.7 Å². The molecule has 2 aliphatic heterocycles. The second-order valence-corrected chi connectivity index (χ2v) is 13.1. The van der Waals surface area contributed by atoms with Crippen LogP contribution in [0.2, 0.25) is 5.02 Å². The largest absolute Gasteiger partial charge is 0.350 e. The third-order valence-electron chi connectivity index (χ3n) is 7.65. The number of benzene rings is 2. The molecule has 3 atom stereocenters. The van der Waals surface area contributed by atoms with Crippen molar-refractivity contribution in [3.8, 4) is 0 Å². The molecule has 0 aliphatic carbocycles. The molecular weight excluding hydrogens is 566 g/mol. The van der Waals surface area contributed by atoms with Crippen LogP contribution in [0.5, 0.6) is 0 Å². The Kier molecular flexibility index (Phi) is 10.4. The number of sulfonamides is 1. The van der Waals surface area contributed by atoms with E-state index >= 15 is 0 Å². The highest BCUT2D eigenvalue weighted by Crippen LogP contribution is 2.23. The van der Waals surface area contributed by atoms with Gasteiger partial charge in [-0.25, -0.2) is 13.1 Å². The predicted molar refractivity (Wildman–Crippen MR) is 157 cm³/mol. The summed E-state index contributed by atoms with van der Waals surface area (Å²) in [4.78, 5) is 43.3. The Labute approximate surface area is 246 Å². The first-order chi connectivity index (χ1) is 19.6. The normalized spacial score (nSPS) is 19.8. The lowest BCUT2D eigenvalue weighted by molar-refractivity contribution is -0.142. The van der Waals surface area contributed by atoms with Crippen LogP contribution in [0.3, 0.4) is 0 Å². The molecule has 12 heteroatoms. The number of hydrogen-bond donors (Lipinski definition) is 3. The number of rotatable bonds is 11. The summed E-state index contributed by atoms with van der Waals surface area (Å²) in [7, 11) is -3.98. The average molecular weight is 604 g/mol. The third kappa shape index (κ3) is 8.28. The maximum atomic E-state index is 13.8. The molecular formula is C29H38ClN5O5S. The minimum absolute atomic E-state index is 0.184. The molecule has 4 N–H and O–H groups in total. The number of nitrogens with one attached hydrogen (secondary N) is 2. The van der Waals surface area contributed by atoms with Crippen molar-refractivity contribution in [2.45, 2.75) is 63.5 Å². The highest BCUT2D eigenvalue weighted by Gasteiger charge is 2.40.